The number of likely N-dealkylation sites (tertiary alicyclic amines) is 1. The van der Waals surface area contributed by atoms with Crippen molar-refractivity contribution in [3.05, 3.63) is 29.8 Å². The van der Waals surface area contributed by atoms with Crippen molar-refractivity contribution in [1.82, 2.24) is 10.2 Å². The zero-order chi connectivity index (χ0) is 16.7. The number of carbonyl (C=O) groups is 2. The fourth-order valence-electron chi connectivity index (χ4n) is 2.66. The number of ketones is 1. The summed E-state index contributed by atoms with van der Waals surface area (Å²) in [6.45, 7) is 4.13. The number of rotatable bonds is 7. The summed E-state index contributed by atoms with van der Waals surface area (Å²) in [5, 5.41) is 3.10. The first-order valence-corrected chi connectivity index (χ1v) is 8.26. The maximum absolute atomic E-state index is 11.9. The molecule has 0 bridgehead atoms. The summed E-state index contributed by atoms with van der Waals surface area (Å²) in [5.41, 5.74) is 0.676. The molecule has 0 aromatic heterocycles. The molecule has 5 nitrogen and oxygen atoms in total. The average molecular weight is 318 g/mol. The summed E-state index contributed by atoms with van der Waals surface area (Å²) in [6, 6.07) is 7.40. The number of amides is 1. The van der Waals surface area contributed by atoms with E-state index in [0.29, 0.717) is 31.1 Å². The smallest absolute Gasteiger partial charge is 0.220 e. The molecule has 1 fully saturated rings. The van der Waals surface area contributed by atoms with E-state index >= 15 is 0 Å². The van der Waals surface area contributed by atoms with Crippen molar-refractivity contribution < 1.29 is 14.3 Å². The van der Waals surface area contributed by atoms with E-state index in [0.717, 1.165) is 31.7 Å². The molecule has 1 N–H and O–H groups in total. The van der Waals surface area contributed by atoms with Crippen LogP contribution in [0.3, 0.4) is 0 Å². The number of ether oxygens (including phenoxy) is 1. The van der Waals surface area contributed by atoms with Gasteiger partial charge in [0.25, 0.3) is 0 Å². The van der Waals surface area contributed by atoms with E-state index in [-0.39, 0.29) is 11.7 Å². The normalized spacial score (nSPS) is 16.1. The molecule has 0 aliphatic carbocycles. The van der Waals surface area contributed by atoms with E-state index in [9.17, 15) is 9.59 Å². The average Bonchev–Trinajstić information content (AvgIpc) is 2.54. The first-order valence-electron chi connectivity index (χ1n) is 8.26. The van der Waals surface area contributed by atoms with Gasteiger partial charge in [-0.3, -0.25) is 9.59 Å². The van der Waals surface area contributed by atoms with Gasteiger partial charge in [0.2, 0.25) is 5.91 Å². The van der Waals surface area contributed by atoms with Crippen molar-refractivity contribution in [2.24, 2.45) is 0 Å². The van der Waals surface area contributed by atoms with Gasteiger partial charge in [0.1, 0.15) is 5.75 Å². The quantitative estimate of drug-likeness (QED) is 0.619. The van der Waals surface area contributed by atoms with Crippen LogP contribution >= 0.6 is 0 Å². The van der Waals surface area contributed by atoms with Gasteiger partial charge in [-0.2, -0.15) is 0 Å². The lowest BCUT2D eigenvalue weighted by Gasteiger charge is -2.29. The first-order chi connectivity index (χ1) is 11.0. The van der Waals surface area contributed by atoms with Crippen LogP contribution in [-0.4, -0.2) is 49.4 Å². The van der Waals surface area contributed by atoms with E-state index < -0.39 is 0 Å². The van der Waals surface area contributed by atoms with Crippen molar-refractivity contribution in [2.75, 3.05) is 26.7 Å². The lowest BCUT2D eigenvalue weighted by atomic mass is 10.1. The number of hydrogen-bond acceptors (Lipinski definition) is 4. The predicted octanol–water partition coefficient (Wildman–Crippen LogP) is 2.26. The maximum atomic E-state index is 11.9. The number of nitrogens with zero attached hydrogens (tertiary/aromatic N) is 1. The van der Waals surface area contributed by atoms with Crippen molar-refractivity contribution in [3.63, 3.8) is 0 Å². The SMILES string of the molecule is CC(=O)c1ccc(OCCCC(=O)NC2CCN(C)CC2)cc1. The fraction of sp³-hybridized carbons (Fsp3) is 0.556. The number of hydrogen-bond donors (Lipinski definition) is 1. The van der Waals surface area contributed by atoms with Crippen LogP contribution in [0.2, 0.25) is 0 Å². The Kier molecular flexibility index (Phi) is 6.59. The van der Waals surface area contributed by atoms with Crippen LogP contribution in [0.1, 0.15) is 43.0 Å². The molecule has 1 amide bonds. The number of benzene rings is 1. The fourth-order valence-corrected chi connectivity index (χ4v) is 2.66. The molecule has 0 atom stereocenters. The van der Waals surface area contributed by atoms with Gasteiger partial charge in [-0.15, -0.1) is 0 Å². The highest BCUT2D eigenvalue weighted by atomic mass is 16.5. The Morgan fingerprint density at radius 1 is 1.22 bits per heavy atom. The van der Waals surface area contributed by atoms with Crippen LogP contribution in [0.25, 0.3) is 0 Å². The summed E-state index contributed by atoms with van der Waals surface area (Å²) in [6.07, 6.45) is 3.23. The molecular weight excluding hydrogens is 292 g/mol. The summed E-state index contributed by atoms with van der Waals surface area (Å²) in [7, 11) is 2.11. The molecule has 1 aromatic rings. The molecule has 1 aliphatic rings. The summed E-state index contributed by atoms with van der Waals surface area (Å²) < 4.78 is 5.60. The van der Waals surface area contributed by atoms with Gasteiger partial charge in [0, 0.05) is 18.0 Å². The molecule has 1 aliphatic heterocycles. The van der Waals surface area contributed by atoms with Crippen molar-refractivity contribution in [3.8, 4) is 5.75 Å². The number of nitrogens with one attached hydrogen (secondary N) is 1. The highest BCUT2D eigenvalue weighted by Gasteiger charge is 2.17. The Hall–Kier alpha value is -1.88. The maximum Gasteiger partial charge on any atom is 0.220 e. The molecule has 1 aromatic carbocycles. The van der Waals surface area contributed by atoms with E-state index in [1.54, 1.807) is 31.2 Å². The second kappa shape index (κ2) is 8.67. The lowest BCUT2D eigenvalue weighted by molar-refractivity contribution is -0.122. The summed E-state index contributed by atoms with van der Waals surface area (Å²) >= 11 is 0. The van der Waals surface area contributed by atoms with Crippen LogP contribution in [-0.2, 0) is 4.79 Å². The van der Waals surface area contributed by atoms with E-state index in [1.807, 2.05) is 0 Å². The van der Waals surface area contributed by atoms with E-state index in [4.69, 9.17) is 4.74 Å². The van der Waals surface area contributed by atoms with E-state index in [1.165, 1.54) is 0 Å². The van der Waals surface area contributed by atoms with Crippen LogP contribution in [0.15, 0.2) is 24.3 Å². The minimum Gasteiger partial charge on any atom is -0.494 e. The Morgan fingerprint density at radius 3 is 2.48 bits per heavy atom. The summed E-state index contributed by atoms with van der Waals surface area (Å²) in [5.74, 6) is 0.878. The van der Waals surface area contributed by atoms with Crippen LogP contribution < -0.4 is 10.1 Å². The monoisotopic (exact) mass is 318 g/mol. The second-order valence-corrected chi connectivity index (χ2v) is 6.18. The molecule has 126 valence electrons. The molecule has 0 saturated carbocycles. The standard InChI is InChI=1S/C18H26N2O3/c1-14(21)15-5-7-17(8-6-15)23-13-3-4-18(22)19-16-9-11-20(2)12-10-16/h5-8,16H,3-4,9-13H2,1-2H3,(H,19,22). The molecular formula is C18H26N2O3. The minimum absolute atomic E-state index is 0.0436. The summed E-state index contributed by atoms with van der Waals surface area (Å²) in [4.78, 5) is 25.4. The van der Waals surface area contributed by atoms with Gasteiger partial charge in [-0.25, -0.2) is 0 Å². The van der Waals surface area contributed by atoms with Gasteiger partial charge in [-0.1, -0.05) is 0 Å². The third-order valence-corrected chi connectivity index (χ3v) is 4.16. The predicted molar refractivity (Wildman–Crippen MR) is 89.8 cm³/mol. The zero-order valence-corrected chi connectivity index (χ0v) is 14.0. The van der Waals surface area contributed by atoms with Gasteiger partial charge in [-0.05, 0) is 70.6 Å². The largest absolute Gasteiger partial charge is 0.494 e. The third-order valence-electron chi connectivity index (χ3n) is 4.16. The van der Waals surface area contributed by atoms with Gasteiger partial charge < -0.3 is 15.0 Å². The first kappa shape index (κ1) is 17.5. The molecule has 1 saturated heterocycles. The number of carbonyl (C=O) groups excluding carboxylic acids is 2. The molecule has 5 heteroatoms. The lowest BCUT2D eigenvalue weighted by Crippen LogP contribution is -2.43. The molecule has 0 radical (unpaired) electrons. The molecule has 0 spiro atoms. The van der Waals surface area contributed by atoms with Gasteiger partial charge in [0.15, 0.2) is 5.78 Å². The number of piperidine rings is 1. The Bertz CT molecular complexity index is 520. The van der Waals surface area contributed by atoms with E-state index in [2.05, 4.69) is 17.3 Å². The van der Waals surface area contributed by atoms with Crippen molar-refractivity contribution >= 4 is 11.7 Å². The Morgan fingerprint density at radius 2 is 1.87 bits per heavy atom. The Balaban J connectivity index is 1.61. The van der Waals surface area contributed by atoms with Gasteiger partial charge >= 0.3 is 0 Å². The zero-order valence-electron chi connectivity index (χ0n) is 14.0. The highest BCUT2D eigenvalue weighted by molar-refractivity contribution is 5.94. The topological polar surface area (TPSA) is 58.6 Å². The Labute approximate surface area is 138 Å². The molecule has 23 heavy (non-hydrogen) atoms. The highest BCUT2D eigenvalue weighted by Crippen LogP contribution is 2.13. The molecule has 1 heterocycles. The van der Waals surface area contributed by atoms with Gasteiger partial charge in [0.05, 0.1) is 6.61 Å². The second-order valence-electron chi connectivity index (χ2n) is 6.18. The minimum atomic E-state index is 0.0436. The number of Topliss-reactive ketones (excluding diaryl/α,β-unsaturated/α-hetero) is 1. The van der Waals surface area contributed by atoms with Crippen LogP contribution in [0.4, 0.5) is 0 Å². The molecule has 0 unspecified atom stereocenters. The van der Waals surface area contributed by atoms with Crippen molar-refractivity contribution in [1.29, 1.82) is 0 Å². The van der Waals surface area contributed by atoms with Crippen LogP contribution in [0.5, 0.6) is 5.75 Å². The third kappa shape index (κ3) is 6.02. The molecule has 2 rings (SSSR count). The van der Waals surface area contributed by atoms with Crippen LogP contribution in [0, 0.1) is 0 Å². The van der Waals surface area contributed by atoms with Crippen molar-refractivity contribution in [2.45, 2.75) is 38.6 Å².